The normalized spacial score (nSPS) is 11.6. The van der Waals surface area contributed by atoms with Gasteiger partial charge in [-0.1, -0.05) is 25.1 Å². The summed E-state index contributed by atoms with van der Waals surface area (Å²) in [5, 5.41) is 0. The van der Waals surface area contributed by atoms with Crippen LogP contribution in [0.2, 0.25) is 0 Å². The van der Waals surface area contributed by atoms with Crippen LogP contribution in [0.4, 0.5) is 0 Å². The molecule has 2 rings (SSSR count). The Morgan fingerprint density at radius 1 is 1.24 bits per heavy atom. The minimum atomic E-state index is -3.08. The third-order valence-corrected chi connectivity index (χ3v) is 3.98. The summed E-state index contributed by atoms with van der Waals surface area (Å²) in [5.41, 5.74) is 0.840. The molecule has 0 radical (unpaired) electrons. The summed E-state index contributed by atoms with van der Waals surface area (Å²) in [6.07, 6.45) is 1.47. The largest absolute Gasteiger partial charge is 0.440 e. The molecule has 0 fully saturated rings. The molecule has 0 amide bonds. The molecule has 0 bridgehead atoms. The van der Waals surface area contributed by atoms with Crippen LogP contribution < -0.4 is 0 Å². The van der Waals surface area contributed by atoms with E-state index in [-0.39, 0.29) is 11.5 Å². The van der Waals surface area contributed by atoms with E-state index in [1.54, 1.807) is 6.92 Å². The lowest BCUT2D eigenvalue weighted by Crippen LogP contribution is -2.05. The number of sulfone groups is 1. The Balaban J connectivity index is 2.23. The van der Waals surface area contributed by atoms with Crippen molar-refractivity contribution in [3.8, 4) is 11.5 Å². The van der Waals surface area contributed by atoms with Crippen molar-refractivity contribution in [1.82, 2.24) is 4.98 Å². The van der Waals surface area contributed by atoms with Gasteiger partial charge in [0.2, 0.25) is 5.89 Å². The Kier molecular flexibility index (Phi) is 3.28. The lowest BCUT2D eigenvalue weighted by molar-refractivity contribution is 0.528. The molecule has 0 unspecified atom stereocenters. The number of aromatic nitrogens is 1. The molecular formula is C12H13NO3S. The predicted molar refractivity (Wildman–Crippen MR) is 65.1 cm³/mol. The molecule has 0 aliphatic rings. The van der Waals surface area contributed by atoms with Crippen molar-refractivity contribution in [1.29, 1.82) is 0 Å². The molecule has 1 aromatic heterocycles. The first kappa shape index (κ1) is 11.9. The van der Waals surface area contributed by atoms with Crippen LogP contribution in [0.5, 0.6) is 0 Å². The summed E-state index contributed by atoms with van der Waals surface area (Å²) < 4.78 is 28.3. The van der Waals surface area contributed by atoms with Crippen LogP contribution in [0, 0.1) is 0 Å². The quantitative estimate of drug-likeness (QED) is 0.836. The zero-order valence-corrected chi connectivity index (χ0v) is 10.3. The van der Waals surface area contributed by atoms with Gasteiger partial charge in [0.05, 0.1) is 6.20 Å². The van der Waals surface area contributed by atoms with E-state index in [0.717, 1.165) is 5.56 Å². The van der Waals surface area contributed by atoms with Gasteiger partial charge < -0.3 is 4.42 Å². The van der Waals surface area contributed by atoms with Crippen LogP contribution in [0.25, 0.3) is 11.5 Å². The maximum atomic E-state index is 11.4. The maximum absolute atomic E-state index is 11.4. The molecule has 1 aromatic carbocycles. The van der Waals surface area contributed by atoms with E-state index < -0.39 is 9.84 Å². The first-order chi connectivity index (χ1) is 8.11. The van der Waals surface area contributed by atoms with E-state index in [4.69, 9.17) is 4.42 Å². The highest BCUT2D eigenvalue weighted by Crippen LogP contribution is 2.19. The maximum Gasteiger partial charge on any atom is 0.226 e. The van der Waals surface area contributed by atoms with Crippen LogP contribution in [0.1, 0.15) is 12.7 Å². The van der Waals surface area contributed by atoms with E-state index >= 15 is 0 Å². The fourth-order valence-electron chi connectivity index (χ4n) is 1.41. The van der Waals surface area contributed by atoms with Crippen molar-refractivity contribution >= 4 is 9.84 Å². The van der Waals surface area contributed by atoms with Gasteiger partial charge in [0.15, 0.2) is 9.84 Å². The molecule has 5 heteroatoms. The van der Waals surface area contributed by atoms with Crippen molar-refractivity contribution in [3.63, 3.8) is 0 Å². The molecule has 0 aliphatic heterocycles. The van der Waals surface area contributed by atoms with Crippen molar-refractivity contribution in [2.24, 2.45) is 0 Å². The highest BCUT2D eigenvalue weighted by molar-refractivity contribution is 7.90. The SMILES string of the molecule is CCS(=O)(=O)Cc1cnc(-c2ccccc2)o1. The van der Waals surface area contributed by atoms with Crippen LogP contribution in [0.3, 0.4) is 0 Å². The Labute approximate surface area is 100 Å². The zero-order valence-electron chi connectivity index (χ0n) is 9.46. The molecular weight excluding hydrogens is 238 g/mol. The van der Waals surface area contributed by atoms with E-state index in [9.17, 15) is 8.42 Å². The summed E-state index contributed by atoms with van der Waals surface area (Å²) in [6, 6.07) is 9.38. The van der Waals surface area contributed by atoms with Crippen molar-refractivity contribution in [3.05, 3.63) is 42.3 Å². The Morgan fingerprint density at radius 2 is 1.94 bits per heavy atom. The molecule has 90 valence electrons. The minimum Gasteiger partial charge on any atom is -0.440 e. The molecule has 0 saturated heterocycles. The number of benzene rings is 1. The molecule has 0 spiro atoms. The first-order valence-corrected chi connectivity index (χ1v) is 7.13. The van der Waals surface area contributed by atoms with Gasteiger partial charge in [0.25, 0.3) is 0 Å². The number of nitrogens with zero attached hydrogens (tertiary/aromatic N) is 1. The average Bonchev–Trinajstić information content (AvgIpc) is 2.78. The van der Waals surface area contributed by atoms with Gasteiger partial charge in [-0.05, 0) is 12.1 Å². The molecule has 0 aliphatic carbocycles. The molecule has 17 heavy (non-hydrogen) atoms. The smallest absolute Gasteiger partial charge is 0.226 e. The monoisotopic (exact) mass is 251 g/mol. The molecule has 0 N–H and O–H groups in total. The van der Waals surface area contributed by atoms with Crippen LogP contribution >= 0.6 is 0 Å². The van der Waals surface area contributed by atoms with E-state index in [1.807, 2.05) is 30.3 Å². The van der Waals surface area contributed by atoms with Gasteiger partial charge in [-0.3, -0.25) is 0 Å². The highest BCUT2D eigenvalue weighted by atomic mass is 32.2. The van der Waals surface area contributed by atoms with Gasteiger partial charge in [0, 0.05) is 11.3 Å². The van der Waals surface area contributed by atoms with E-state index in [0.29, 0.717) is 11.7 Å². The Hall–Kier alpha value is -1.62. The lowest BCUT2D eigenvalue weighted by Gasteiger charge is -1.96. The summed E-state index contributed by atoms with van der Waals surface area (Å²) in [5.74, 6) is 0.843. The minimum absolute atomic E-state index is 0.0939. The fraction of sp³-hybridized carbons (Fsp3) is 0.250. The lowest BCUT2D eigenvalue weighted by atomic mass is 10.2. The van der Waals surface area contributed by atoms with Crippen LogP contribution in [-0.4, -0.2) is 19.2 Å². The molecule has 0 atom stereocenters. The van der Waals surface area contributed by atoms with Crippen molar-refractivity contribution < 1.29 is 12.8 Å². The predicted octanol–water partition coefficient (Wildman–Crippen LogP) is 2.28. The molecule has 0 saturated carbocycles. The summed E-state index contributed by atoms with van der Waals surface area (Å²) >= 11 is 0. The summed E-state index contributed by atoms with van der Waals surface area (Å²) in [4.78, 5) is 4.07. The van der Waals surface area contributed by atoms with Gasteiger partial charge >= 0.3 is 0 Å². The van der Waals surface area contributed by atoms with Gasteiger partial charge in [-0.2, -0.15) is 0 Å². The number of rotatable bonds is 4. The Bertz CT molecular complexity index is 587. The van der Waals surface area contributed by atoms with Gasteiger partial charge in [-0.15, -0.1) is 0 Å². The van der Waals surface area contributed by atoms with Crippen molar-refractivity contribution in [2.75, 3.05) is 5.75 Å². The second kappa shape index (κ2) is 4.71. The van der Waals surface area contributed by atoms with Gasteiger partial charge in [-0.25, -0.2) is 13.4 Å². The zero-order chi connectivity index (χ0) is 12.3. The molecule has 1 heterocycles. The third-order valence-electron chi connectivity index (χ3n) is 2.38. The average molecular weight is 251 g/mol. The second-order valence-corrected chi connectivity index (χ2v) is 6.03. The van der Waals surface area contributed by atoms with Crippen molar-refractivity contribution in [2.45, 2.75) is 12.7 Å². The summed E-state index contributed by atoms with van der Waals surface area (Å²) in [6.45, 7) is 1.61. The Morgan fingerprint density at radius 3 is 2.59 bits per heavy atom. The fourth-order valence-corrected chi connectivity index (χ4v) is 2.18. The number of hydrogen-bond donors (Lipinski definition) is 0. The topological polar surface area (TPSA) is 60.2 Å². The van der Waals surface area contributed by atoms with Gasteiger partial charge in [0.1, 0.15) is 11.5 Å². The molecule has 4 nitrogen and oxygen atoms in total. The summed E-state index contributed by atoms with van der Waals surface area (Å²) in [7, 11) is -3.08. The highest BCUT2D eigenvalue weighted by Gasteiger charge is 2.13. The van der Waals surface area contributed by atoms with E-state index in [1.165, 1.54) is 6.20 Å². The van der Waals surface area contributed by atoms with Crippen LogP contribution in [-0.2, 0) is 15.6 Å². The number of hydrogen-bond acceptors (Lipinski definition) is 4. The second-order valence-electron chi connectivity index (χ2n) is 3.67. The van der Waals surface area contributed by atoms with E-state index in [2.05, 4.69) is 4.98 Å². The first-order valence-electron chi connectivity index (χ1n) is 5.31. The third kappa shape index (κ3) is 2.94. The van der Waals surface area contributed by atoms with Crippen LogP contribution in [0.15, 0.2) is 40.9 Å². The standard InChI is InChI=1S/C12H13NO3S/c1-2-17(14,15)9-11-8-13-12(16-11)10-6-4-3-5-7-10/h3-8H,2,9H2,1H3. The molecule has 2 aromatic rings. The number of oxazole rings is 1.